The molecule has 2 aromatic carbocycles. The number of amides is 1. The quantitative estimate of drug-likeness (QED) is 0.705. The highest BCUT2D eigenvalue weighted by Crippen LogP contribution is 2.20. The minimum atomic E-state index is -1.32. The van der Waals surface area contributed by atoms with Gasteiger partial charge in [-0.2, -0.15) is 0 Å². The summed E-state index contributed by atoms with van der Waals surface area (Å²) in [5, 5.41) is 2.70. The zero-order valence-electron chi connectivity index (χ0n) is 16.5. The predicted molar refractivity (Wildman–Crippen MR) is 105 cm³/mol. The van der Waals surface area contributed by atoms with Gasteiger partial charge in [-0.1, -0.05) is 12.1 Å². The summed E-state index contributed by atoms with van der Waals surface area (Å²) in [6.45, 7) is 2.95. The van der Waals surface area contributed by atoms with E-state index in [1.807, 2.05) is 43.3 Å². The van der Waals surface area contributed by atoms with E-state index in [0.717, 1.165) is 11.3 Å². The maximum absolute atomic E-state index is 12.9. The Morgan fingerprint density at radius 1 is 1.04 bits per heavy atom. The first-order valence-electron chi connectivity index (χ1n) is 8.82. The van der Waals surface area contributed by atoms with Gasteiger partial charge in [0.05, 0.1) is 0 Å². The van der Waals surface area contributed by atoms with Gasteiger partial charge in [0.25, 0.3) is 5.91 Å². The number of carbonyl (C=O) groups excluding carboxylic acids is 2. The lowest BCUT2D eigenvalue weighted by atomic mass is 10.1. The van der Waals surface area contributed by atoms with Gasteiger partial charge in [-0.05, 0) is 55.8 Å². The molecule has 0 heterocycles. The topological polar surface area (TPSA) is 67.9 Å². The summed E-state index contributed by atoms with van der Waals surface area (Å²) in [4.78, 5) is 26.1. The number of hydrogen-bond donors (Lipinski definition) is 1. The predicted octanol–water partition coefficient (Wildman–Crippen LogP) is 2.91. The molecule has 0 aliphatic carbocycles. The molecule has 0 spiro atoms. The summed E-state index contributed by atoms with van der Waals surface area (Å²) in [6.07, 6.45) is 0. The highest BCUT2D eigenvalue weighted by atomic mass is 19.1. The van der Waals surface area contributed by atoms with E-state index in [1.165, 1.54) is 38.1 Å². The van der Waals surface area contributed by atoms with Crippen molar-refractivity contribution in [3.63, 3.8) is 0 Å². The van der Waals surface area contributed by atoms with Crippen LogP contribution in [0.4, 0.5) is 10.1 Å². The van der Waals surface area contributed by atoms with Crippen LogP contribution >= 0.6 is 0 Å². The molecule has 7 heteroatoms. The number of nitrogens with one attached hydrogen (secondary N) is 1. The average Bonchev–Trinajstić information content (AvgIpc) is 2.66. The summed E-state index contributed by atoms with van der Waals surface area (Å²) in [6, 6.07) is 13.0. The number of carbonyl (C=O) groups is 2. The molecule has 0 aliphatic rings. The van der Waals surface area contributed by atoms with Gasteiger partial charge in [-0.3, -0.25) is 4.79 Å². The van der Waals surface area contributed by atoms with Crippen LogP contribution in [0.25, 0.3) is 0 Å². The van der Waals surface area contributed by atoms with Gasteiger partial charge < -0.3 is 19.7 Å². The third-order valence-corrected chi connectivity index (χ3v) is 3.96. The van der Waals surface area contributed by atoms with Crippen LogP contribution in [0.3, 0.4) is 0 Å². The Labute approximate surface area is 164 Å². The Kier molecular flexibility index (Phi) is 6.98. The van der Waals surface area contributed by atoms with E-state index >= 15 is 0 Å². The van der Waals surface area contributed by atoms with Crippen molar-refractivity contribution in [1.29, 1.82) is 0 Å². The molecule has 28 heavy (non-hydrogen) atoms. The van der Waals surface area contributed by atoms with Gasteiger partial charge in [-0.25, -0.2) is 9.18 Å². The molecular weight excluding hydrogens is 363 g/mol. The monoisotopic (exact) mass is 388 g/mol. The van der Waals surface area contributed by atoms with Gasteiger partial charge in [-0.15, -0.1) is 0 Å². The minimum Gasteiger partial charge on any atom is -0.476 e. The summed E-state index contributed by atoms with van der Waals surface area (Å²) < 4.78 is 23.5. The molecule has 1 N–H and O–H groups in total. The van der Waals surface area contributed by atoms with E-state index in [1.54, 1.807) is 0 Å². The second-order valence-corrected chi connectivity index (χ2v) is 6.98. The van der Waals surface area contributed by atoms with Gasteiger partial charge >= 0.3 is 5.97 Å². The second kappa shape index (κ2) is 9.21. The first-order valence-corrected chi connectivity index (χ1v) is 8.82. The molecule has 0 aromatic heterocycles. The molecule has 6 nitrogen and oxygen atoms in total. The summed E-state index contributed by atoms with van der Waals surface area (Å²) in [5.41, 5.74) is 0.678. The average molecular weight is 388 g/mol. The zero-order chi connectivity index (χ0) is 20.7. The lowest BCUT2D eigenvalue weighted by Gasteiger charge is -2.24. The summed E-state index contributed by atoms with van der Waals surface area (Å²) >= 11 is 0. The first kappa shape index (κ1) is 21.2. The molecule has 0 unspecified atom stereocenters. The van der Waals surface area contributed by atoms with Crippen molar-refractivity contribution in [2.24, 2.45) is 0 Å². The van der Waals surface area contributed by atoms with Crippen molar-refractivity contribution in [3.8, 4) is 5.75 Å². The minimum absolute atomic E-state index is 0.328. The smallest absolute Gasteiger partial charge is 0.350 e. The van der Waals surface area contributed by atoms with Crippen LogP contribution in [0.2, 0.25) is 0 Å². The third-order valence-electron chi connectivity index (χ3n) is 3.96. The largest absolute Gasteiger partial charge is 0.476 e. The van der Waals surface area contributed by atoms with Gasteiger partial charge in [0.2, 0.25) is 0 Å². The van der Waals surface area contributed by atoms with Crippen molar-refractivity contribution in [3.05, 3.63) is 59.9 Å². The maximum Gasteiger partial charge on any atom is 0.350 e. The molecule has 0 atom stereocenters. The fourth-order valence-corrected chi connectivity index (χ4v) is 2.31. The van der Waals surface area contributed by atoms with Crippen molar-refractivity contribution < 1.29 is 23.5 Å². The first-order chi connectivity index (χ1) is 13.2. The lowest BCUT2D eigenvalue weighted by molar-refractivity contribution is -0.162. The number of benzene rings is 2. The van der Waals surface area contributed by atoms with E-state index in [0.29, 0.717) is 12.3 Å². The molecule has 150 valence electrons. The zero-order valence-corrected chi connectivity index (χ0v) is 16.5. The second-order valence-electron chi connectivity index (χ2n) is 6.98. The van der Waals surface area contributed by atoms with Gasteiger partial charge in [0, 0.05) is 26.3 Å². The molecule has 0 saturated carbocycles. The van der Waals surface area contributed by atoms with E-state index in [4.69, 9.17) is 9.47 Å². The molecule has 0 aliphatic heterocycles. The van der Waals surface area contributed by atoms with Crippen molar-refractivity contribution in [2.75, 3.05) is 25.6 Å². The number of nitrogens with zero attached hydrogens (tertiary/aromatic N) is 1. The Morgan fingerprint density at radius 2 is 1.64 bits per heavy atom. The summed E-state index contributed by atoms with van der Waals surface area (Å²) in [7, 11) is 3.90. The third kappa shape index (κ3) is 6.26. The van der Waals surface area contributed by atoms with Crippen LogP contribution in [0.1, 0.15) is 19.4 Å². The lowest BCUT2D eigenvalue weighted by Crippen LogP contribution is -2.41. The number of ether oxygens (including phenoxy) is 2. The van der Waals surface area contributed by atoms with Crippen LogP contribution < -0.4 is 15.0 Å². The van der Waals surface area contributed by atoms with Gasteiger partial charge in [0.1, 0.15) is 11.6 Å². The number of rotatable bonds is 8. The van der Waals surface area contributed by atoms with Crippen LogP contribution in [0, 0.1) is 5.82 Å². The van der Waals surface area contributed by atoms with E-state index in [-0.39, 0.29) is 0 Å². The highest BCUT2D eigenvalue weighted by molar-refractivity contribution is 5.84. The number of anilines is 1. The molecule has 0 bridgehead atoms. The Balaban J connectivity index is 1.79. The fraction of sp³-hybridized carbons (Fsp3) is 0.333. The summed E-state index contributed by atoms with van der Waals surface area (Å²) in [5.74, 6) is -1.18. The van der Waals surface area contributed by atoms with Crippen LogP contribution in [-0.4, -0.2) is 38.2 Å². The Hall–Kier alpha value is -3.09. The molecule has 1 amide bonds. The molecule has 2 aromatic rings. The van der Waals surface area contributed by atoms with E-state index in [2.05, 4.69) is 5.32 Å². The van der Waals surface area contributed by atoms with Crippen LogP contribution in [0.5, 0.6) is 5.75 Å². The SMILES string of the molecule is CN(C)c1ccc(CNC(=O)COC(=O)C(C)(C)Oc2ccc(F)cc2)cc1. The molecule has 0 saturated heterocycles. The molecule has 2 rings (SSSR count). The highest BCUT2D eigenvalue weighted by Gasteiger charge is 2.32. The van der Waals surface area contributed by atoms with E-state index < -0.39 is 29.9 Å². The van der Waals surface area contributed by atoms with Crippen molar-refractivity contribution in [2.45, 2.75) is 26.0 Å². The molecular formula is C21H25FN2O4. The number of hydrogen-bond acceptors (Lipinski definition) is 5. The van der Waals surface area contributed by atoms with Crippen LogP contribution in [0.15, 0.2) is 48.5 Å². The normalized spacial score (nSPS) is 10.9. The number of esters is 1. The Bertz CT molecular complexity index is 802. The fourth-order valence-electron chi connectivity index (χ4n) is 2.31. The standard InChI is InChI=1S/C21H25FN2O4/c1-21(2,28-18-11-7-16(22)8-12-18)20(26)27-14-19(25)23-13-15-5-9-17(10-6-15)24(3)4/h5-12H,13-14H2,1-4H3,(H,23,25). The van der Waals surface area contributed by atoms with Crippen molar-refractivity contribution >= 4 is 17.6 Å². The number of halogens is 1. The molecule has 0 radical (unpaired) electrons. The Morgan fingerprint density at radius 3 is 2.21 bits per heavy atom. The van der Waals surface area contributed by atoms with Crippen molar-refractivity contribution in [1.82, 2.24) is 5.32 Å². The van der Waals surface area contributed by atoms with Gasteiger partial charge in [0.15, 0.2) is 12.2 Å². The molecule has 0 fully saturated rings. The van der Waals surface area contributed by atoms with E-state index in [9.17, 15) is 14.0 Å². The van der Waals surface area contributed by atoms with Crippen LogP contribution in [-0.2, 0) is 20.9 Å². The maximum atomic E-state index is 12.9.